The lowest BCUT2D eigenvalue weighted by Gasteiger charge is -2.42. The summed E-state index contributed by atoms with van der Waals surface area (Å²) in [5.41, 5.74) is 4.84. The Morgan fingerprint density at radius 2 is 1.12 bits per heavy atom. The molecule has 0 bridgehead atoms. The zero-order valence-electron chi connectivity index (χ0n) is 23.8. The fraction of sp³-hybridized carbons (Fsp3) is 0.483. The molecule has 2 aliphatic rings. The maximum absolute atomic E-state index is 12.8. The number of hydrogen-bond donors (Lipinski definition) is 3. The third-order valence-electron chi connectivity index (χ3n) is 8.53. The van der Waals surface area contributed by atoms with Crippen molar-refractivity contribution in [3.63, 3.8) is 0 Å². The first-order chi connectivity index (χ1) is 18.8. The van der Waals surface area contributed by atoms with E-state index in [2.05, 4.69) is 38.8 Å². The smallest absolute Gasteiger partial charge is 0.182 e. The molecule has 5 rings (SSSR count). The van der Waals surface area contributed by atoms with Crippen molar-refractivity contribution in [2.24, 2.45) is 0 Å². The van der Waals surface area contributed by atoms with Crippen molar-refractivity contribution < 1.29 is 67.1 Å². The lowest BCUT2D eigenvalue weighted by molar-refractivity contribution is -0.910. The molecule has 2 aliphatic heterocycles. The number of pyridine rings is 3. The van der Waals surface area contributed by atoms with Crippen molar-refractivity contribution >= 4 is 11.4 Å². The molecule has 0 atom stereocenters. The number of rotatable bonds is 8. The van der Waals surface area contributed by atoms with E-state index in [0.717, 1.165) is 97.2 Å². The van der Waals surface area contributed by atoms with Gasteiger partial charge in [0.15, 0.2) is 5.43 Å². The van der Waals surface area contributed by atoms with Gasteiger partial charge in [-0.05, 0) is 24.3 Å². The summed E-state index contributed by atoms with van der Waals surface area (Å²) in [6.07, 6.45) is 3.59. The van der Waals surface area contributed by atoms with Crippen LogP contribution in [0.1, 0.15) is 0 Å². The van der Waals surface area contributed by atoms with Crippen molar-refractivity contribution in [1.29, 1.82) is 0 Å². The van der Waals surface area contributed by atoms with E-state index >= 15 is 0 Å². The number of nitrogens with one attached hydrogen (secondary N) is 1. The highest BCUT2D eigenvalue weighted by Gasteiger charge is 2.29. The SMILES string of the molecule is C[N+]1(CCO)CCN(c2ccnc(-c3cc(=O)cc(-c4cc(N5CC[N+](C)(CCO)CC5)ccn4)[nH]3)c2)CC1.[I-].[I-]. The van der Waals surface area contributed by atoms with E-state index in [1.807, 2.05) is 24.3 Å². The van der Waals surface area contributed by atoms with Crippen LogP contribution in [0, 0.1) is 0 Å². The van der Waals surface area contributed by atoms with Gasteiger partial charge in [0, 0.05) is 35.9 Å². The summed E-state index contributed by atoms with van der Waals surface area (Å²) in [6.45, 7) is 9.49. The Morgan fingerprint density at radius 3 is 1.49 bits per heavy atom. The Morgan fingerprint density at radius 1 is 0.732 bits per heavy atom. The van der Waals surface area contributed by atoms with Gasteiger partial charge < -0.3 is 81.9 Å². The first kappa shape index (κ1) is 33.6. The van der Waals surface area contributed by atoms with E-state index < -0.39 is 0 Å². The second-order valence-electron chi connectivity index (χ2n) is 11.4. The van der Waals surface area contributed by atoms with E-state index in [9.17, 15) is 15.0 Å². The number of aromatic amines is 1. The van der Waals surface area contributed by atoms with Crippen molar-refractivity contribution in [1.82, 2.24) is 15.0 Å². The second-order valence-corrected chi connectivity index (χ2v) is 11.4. The number of aliphatic hydroxyl groups is 2. The molecular weight excluding hydrogens is 748 g/mol. The van der Waals surface area contributed by atoms with E-state index in [1.165, 1.54) is 0 Å². The minimum Gasteiger partial charge on any atom is -1.00 e. The van der Waals surface area contributed by atoms with Crippen LogP contribution in [0.5, 0.6) is 0 Å². The van der Waals surface area contributed by atoms with Crippen molar-refractivity contribution in [2.45, 2.75) is 0 Å². The van der Waals surface area contributed by atoms with E-state index in [4.69, 9.17) is 0 Å². The fourth-order valence-electron chi connectivity index (χ4n) is 5.69. The quantitative estimate of drug-likeness (QED) is 0.155. The Labute approximate surface area is 276 Å². The standard InChI is InChI=1S/C29H40N7O3.2HI/c1-35(15-17-37)11-7-33(8-12-35)23-3-5-30-26(19-23)28-21-25(39)22-29(32-28)27-20-24(4-6-31-27)34-9-13-36(2,14-10-34)16-18-38;;/h3-6,19-22,37-38H,7-18H2,1-2H3;2*1H/q+1;;/p-1. The largest absolute Gasteiger partial charge is 1.00 e. The number of anilines is 2. The lowest BCUT2D eigenvalue weighted by Crippen LogP contribution is -3.00. The van der Waals surface area contributed by atoms with E-state index in [-0.39, 0.29) is 66.6 Å². The molecule has 3 aromatic rings. The molecule has 12 heteroatoms. The highest BCUT2D eigenvalue weighted by atomic mass is 127. The normalized spacial score (nSPS) is 17.9. The van der Waals surface area contributed by atoms with Gasteiger partial charge in [0.25, 0.3) is 0 Å². The molecule has 0 saturated carbocycles. The van der Waals surface area contributed by atoms with Gasteiger partial charge in [0.2, 0.25) is 0 Å². The molecule has 3 N–H and O–H groups in total. The average Bonchev–Trinajstić information content (AvgIpc) is 2.94. The Kier molecular flexibility index (Phi) is 11.9. The fourth-order valence-corrected chi connectivity index (χ4v) is 5.69. The van der Waals surface area contributed by atoms with Crippen LogP contribution >= 0.6 is 0 Å². The highest BCUT2D eigenvalue weighted by molar-refractivity contribution is 5.67. The van der Waals surface area contributed by atoms with E-state index in [1.54, 1.807) is 24.5 Å². The Balaban J connectivity index is 0.00000231. The molecule has 0 unspecified atom stereocenters. The average molecular weight is 790 g/mol. The predicted molar refractivity (Wildman–Crippen MR) is 154 cm³/mol. The van der Waals surface area contributed by atoms with Gasteiger partial charge in [-0.15, -0.1) is 0 Å². The number of H-pyrrole nitrogens is 1. The molecule has 2 fully saturated rings. The summed E-state index contributed by atoms with van der Waals surface area (Å²) in [5.74, 6) is 0. The molecule has 2 saturated heterocycles. The minimum atomic E-state index is -0.0942. The van der Waals surface area contributed by atoms with Crippen molar-refractivity contribution in [3.05, 3.63) is 59.0 Å². The molecule has 3 aromatic heterocycles. The van der Waals surface area contributed by atoms with Crippen LogP contribution in [0.4, 0.5) is 11.4 Å². The maximum Gasteiger partial charge on any atom is 0.182 e. The van der Waals surface area contributed by atoms with Gasteiger partial charge in [0.1, 0.15) is 13.1 Å². The number of likely N-dealkylation sites (N-methyl/N-ethyl adjacent to an activating group) is 2. The van der Waals surface area contributed by atoms with Gasteiger partial charge in [-0.1, -0.05) is 0 Å². The Bertz CT molecular complexity index is 1240. The summed E-state index contributed by atoms with van der Waals surface area (Å²) in [7, 11) is 4.40. The second kappa shape index (κ2) is 14.6. The van der Waals surface area contributed by atoms with Crippen molar-refractivity contribution in [2.75, 3.05) is 103 Å². The zero-order chi connectivity index (χ0) is 27.5. The molecule has 0 aromatic carbocycles. The summed E-state index contributed by atoms with van der Waals surface area (Å²) < 4.78 is 1.76. The van der Waals surface area contributed by atoms with Crippen LogP contribution in [0.2, 0.25) is 0 Å². The molecule has 0 amide bonds. The molecule has 224 valence electrons. The molecule has 0 spiro atoms. The summed E-state index contributed by atoms with van der Waals surface area (Å²) >= 11 is 0. The molecular formula is C29H41I2N7O3. The summed E-state index contributed by atoms with van der Waals surface area (Å²) in [5, 5.41) is 18.8. The third-order valence-corrected chi connectivity index (χ3v) is 8.53. The molecule has 41 heavy (non-hydrogen) atoms. The first-order valence-electron chi connectivity index (χ1n) is 13.9. The van der Waals surface area contributed by atoms with Crippen LogP contribution in [0.15, 0.2) is 53.6 Å². The van der Waals surface area contributed by atoms with Gasteiger partial charge in [-0.25, -0.2) is 0 Å². The van der Waals surface area contributed by atoms with Crippen LogP contribution in [-0.2, 0) is 0 Å². The lowest BCUT2D eigenvalue weighted by atomic mass is 10.1. The van der Waals surface area contributed by atoms with Gasteiger partial charge in [-0.3, -0.25) is 14.8 Å². The number of quaternary nitrogens is 2. The van der Waals surface area contributed by atoms with Gasteiger partial charge in [-0.2, -0.15) is 0 Å². The van der Waals surface area contributed by atoms with Crippen LogP contribution < -0.4 is 63.2 Å². The number of hydrogen-bond acceptors (Lipinski definition) is 7. The monoisotopic (exact) mass is 789 g/mol. The zero-order valence-corrected chi connectivity index (χ0v) is 28.2. The summed E-state index contributed by atoms with van der Waals surface area (Å²) in [4.78, 5) is 30.0. The van der Waals surface area contributed by atoms with Crippen LogP contribution in [-0.4, -0.2) is 127 Å². The molecule has 0 aliphatic carbocycles. The van der Waals surface area contributed by atoms with Gasteiger partial charge in [0.05, 0.1) is 102 Å². The van der Waals surface area contributed by atoms with E-state index in [0.29, 0.717) is 11.4 Å². The number of piperazine rings is 2. The Hall–Kier alpha value is -1.85. The number of aromatic nitrogens is 3. The maximum atomic E-state index is 12.8. The van der Waals surface area contributed by atoms with Gasteiger partial charge >= 0.3 is 0 Å². The molecule has 5 heterocycles. The number of aliphatic hydroxyl groups excluding tert-OH is 2. The third kappa shape index (κ3) is 8.16. The number of halogens is 2. The van der Waals surface area contributed by atoms with Crippen LogP contribution in [0.25, 0.3) is 22.8 Å². The number of nitrogens with zero attached hydrogens (tertiary/aromatic N) is 6. The molecule has 10 nitrogen and oxygen atoms in total. The van der Waals surface area contributed by atoms with Crippen molar-refractivity contribution in [3.8, 4) is 22.8 Å². The molecule has 0 radical (unpaired) electrons. The highest BCUT2D eigenvalue weighted by Crippen LogP contribution is 2.26. The minimum absolute atomic E-state index is 0. The topological polar surface area (TPSA) is 106 Å². The predicted octanol–water partition coefficient (Wildman–Crippen LogP) is -4.98. The first-order valence-corrected chi connectivity index (χ1v) is 13.9. The van der Waals surface area contributed by atoms with Crippen LogP contribution in [0.3, 0.4) is 0 Å². The summed E-state index contributed by atoms with van der Waals surface area (Å²) in [6, 6.07) is 11.3.